The summed E-state index contributed by atoms with van der Waals surface area (Å²) in [6.45, 7) is 3.85. The van der Waals surface area contributed by atoms with Crippen LogP contribution in [-0.4, -0.2) is 22.4 Å². The van der Waals surface area contributed by atoms with Crippen LogP contribution in [0.25, 0.3) is 11.8 Å². The molecule has 6 nitrogen and oxygen atoms in total. The molecule has 4 rings (SSSR count). The zero-order chi connectivity index (χ0) is 22.3. The molecule has 1 aliphatic rings. The van der Waals surface area contributed by atoms with Gasteiger partial charge in [0.25, 0.3) is 11.8 Å². The number of aromatic nitrogens is 1. The number of benzene rings is 2. The maximum atomic E-state index is 13.1. The van der Waals surface area contributed by atoms with Crippen molar-refractivity contribution in [3.63, 3.8) is 0 Å². The lowest BCUT2D eigenvalue weighted by atomic mass is 10.1. The van der Waals surface area contributed by atoms with E-state index in [2.05, 4.69) is 21.2 Å². The van der Waals surface area contributed by atoms with Crippen molar-refractivity contribution in [2.45, 2.75) is 13.8 Å². The number of anilines is 1. The largest absolute Gasteiger partial charge is 0.335 e. The summed E-state index contributed by atoms with van der Waals surface area (Å²) >= 11 is 9.50. The average molecular weight is 499 g/mol. The molecule has 0 saturated carbocycles. The second-order valence-electron chi connectivity index (χ2n) is 7.00. The third kappa shape index (κ3) is 3.71. The van der Waals surface area contributed by atoms with Crippen LogP contribution in [0.3, 0.4) is 0 Å². The fourth-order valence-corrected chi connectivity index (χ4v) is 4.29. The molecule has 3 aromatic rings. The second-order valence-corrected chi connectivity index (χ2v) is 8.23. The SMILES string of the molecule is Cc1c(Br)c(/C=C2\C(=O)NC(=O)N(c3ccc(Cl)cc3)C2=O)c(C)n1-c1ccccc1. The predicted molar refractivity (Wildman–Crippen MR) is 123 cm³/mol. The number of amides is 4. The van der Waals surface area contributed by atoms with Crippen LogP contribution in [0.4, 0.5) is 10.5 Å². The van der Waals surface area contributed by atoms with E-state index in [1.807, 2.05) is 48.7 Å². The molecule has 0 radical (unpaired) electrons. The lowest BCUT2D eigenvalue weighted by molar-refractivity contribution is -0.122. The lowest BCUT2D eigenvalue weighted by Crippen LogP contribution is -2.54. The van der Waals surface area contributed by atoms with Crippen LogP contribution in [0.15, 0.2) is 64.6 Å². The standard InChI is InChI=1S/C23H17BrClN3O3/c1-13-18(20(24)14(2)27(13)16-6-4-3-5-7-16)12-19-21(29)26-23(31)28(22(19)30)17-10-8-15(25)9-11-17/h3-12H,1-2H3,(H,26,29,31)/b19-12+. The van der Waals surface area contributed by atoms with Crippen LogP contribution in [0.5, 0.6) is 0 Å². The van der Waals surface area contributed by atoms with E-state index in [0.717, 1.165) is 26.4 Å². The van der Waals surface area contributed by atoms with Gasteiger partial charge in [-0.3, -0.25) is 14.9 Å². The van der Waals surface area contributed by atoms with Crippen molar-refractivity contribution in [2.75, 3.05) is 4.90 Å². The van der Waals surface area contributed by atoms with Gasteiger partial charge in [0.05, 0.1) is 5.69 Å². The molecular formula is C23H17BrClN3O3. The van der Waals surface area contributed by atoms with E-state index in [-0.39, 0.29) is 5.57 Å². The maximum absolute atomic E-state index is 13.1. The van der Waals surface area contributed by atoms with Crippen molar-refractivity contribution in [2.24, 2.45) is 0 Å². The molecule has 0 atom stereocenters. The molecular weight excluding hydrogens is 482 g/mol. The highest BCUT2D eigenvalue weighted by molar-refractivity contribution is 9.10. The van der Waals surface area contributed by atoms with Gasteiger partial charge in [-0.25, -0.2) is 9.69 Å². The van der Waals surface area contributed by atoms with Crippen molar-refractivity contribution in [3.05, 3.63) is 86.6 Å². The Morgan fingerprint density at radius 1 is 0.903 bits per heavy atom. The summed E-state index contributed by atoms with van der Waals surface area (Å²) < 4.78 is 2.79. The summed E-state index contributed by atoms with van der Waals surface area (Å²) in [5, 5.41) is 2.71. The Labute approximate surface area is 192 Å². The molecule has 4 amide bonds. The molecule has 0 spiro atoms. The first-order chi connectivity index (χ1) is 14.8. The Morgan fingerprint density at radius 3 is 2.19 bits per heavy atom. The summed E-state index contributed by atoms with van der Waals surface area (Å²) in [4.78, 5) is 39.0. The molecule has 2 aromatic carbocycles. The fourth-order valence-electron chi connectivity index (χ4n) is 3.58. The van der Waals surface area contributed by atoms with Crippen LogP contribution in [-0.2, 0) is 9.59 Å². The van der Waals surface area contributed by atoms with Crippen molar-refractivity contribution in [1.82, 2.24) is 9.88 Å². The van der Waals surface area contributed by atoms with Gasteiger partial charge in [-0.1, -0.05) is 29.8 Å². The van der Waals surface area contributed by atoms with Crippen molar-refractivity contribution < 1.29 is 14.4 Å². The van der Waals surface area contributed by atoms with Gasteiger partial charge in [0, 0.05) is 32.1 Å². The highest BCUT2D eigenvalue weighted by Crippen LogP contribution is 2.33. The van der Waals surface area contributed by atoms with Crippen LogP contribution < -0.4 is 10.2 Å². The van der Waals surface area contributed by atoms with E-state index in [9.17, 15) is 14.4 Å². The average Bonchev–Trinajstić information content (AvgIpc) is 2.95. The van der Waals surface area contributed by atoms with Gasteiger partial charge in [-0.05, 0) is 72.3 Å². The number of para-hydroxylation sites is 1. The molecule has 1 N–H and O–H groups in total. The molecule has 8 heteroatoms. The minimum Gasteiger partial charge on any atom is -0.317 e. The summed E-state index contributed by atoms with van der Waals surface area (Å²) in [6, 6.07) is 15.2. The molecule has 0 bridgehead atoms. The van der Waals surface area contributed by atoms with Crippen LogP contribution >= 0.6 is 27.5 Å². The number of rotatable bonds is 3. The van der Waals surface area contributed by atoms with Gasteiger partial charge in [0.1, 0.15) is 5.57 Å². The van der Waals surface area contributed by atoms with E-state index < -0.39 is 17.8 Å². The molecule has 2 heterocycles. The van der Waals surface area contributed by atoms with Crippen LogP contribution in [0.1, 0.15) is 17.0 Å². The Bertz CT molecular complexity index is 1250. The van der Waals surface area contributed by atoms with E-state index in [0.29, 0.717) is 16.3 Å². The monoisotopic (exact) mass is 497 g/mol. The van der Waals surface area contributed by atoms with E-state index in [1.54, 1.807) is 24.3 Å². The van der Waals surface area contributed by atoms with Gasteiger partial charge in [0.2, 0.25) is 0 Å². The zero-order valence-corrected chi connectivity index (χ0v) is 19.0. The van der Waals surface area contributed by atoms with Gasteiger partial charge >= 0.3 is 6.03 Å². The fraction of sp³-hybridized carbons (Fsp3) is 0.0870. The quantitative estimate of drug-likeness (QED) is 0.400. The number of halogens is 2. The molecule has 31 heavy (non-hydrogen) atoms. The summed E-state index contributed by atoms with van der Waals surface area (Å²) in [5.41, 5.74) is 3.59. The smallest absolute Gasteiger partial charge is 0.317 e. The summed E-state index contributed by atoms with van der Waals surface area (Å²) in [5.74, 6) is -1.44. The maximum Gasteiger partial charge on any atom is 0.335 e. The molecule has 1 aliphatic heterocycles. The van der Waals surface area contributed by atoms with Crippen LogP contribution in [0.2, 0.25) is 5.02 Å². The Hall–Kier alpha value is -3.16. The Balaban J connectivity index is 1.81. The van der Waals surface area contributed by atoms with Gasteiger partial charge < -0.3 is 4.57 Å². The van der Waals surface area contributed by atoms with Crippen molar-refractivity contribution in [1.29, 1.82) is 0 Å². The molecule has 156 valence electrons. The summed E-state index contributed by atoms with van der Waals surface area (Å²) in [7, 11) is 0. The van der Waals surface area contributed by atoms with Crippen molar-refractivity contribution >= 4 is 57.1 Å². The molecule has 0 unspecified atom stereocenters. The van der Waals surface area contributed by atoms with E-state index >= 15 is 0 Å². The van der Waals surface area contributed by atoms with E-state index in [4.69, 9.17) is 11.6 Å². The number of carbonyl (C=O) groups is 3. The molecule has 1 fully saturated rings. The predicted octanol–water partition coefficient (Wildman–Crippen LogP) is 5.18. The minimum absolute atomic E-state index is 0.136. The number of barbiturate groups is 1. The number of hydrogen-bond acceptors (Lipinski definition) is 3. The first-order valence-corrected chi connectivity index (χ1v) is 10.6. The first-order valence-electron chi connectivity index (χ1n) is 9.39. The number of carbonyl (C=O) groups excluding carboxylic acids is 3. The minimum atomic E-state index is -0.803. The van der Waals surface area contributed by atoms with Gasteiger partial charge in [0.15, 0.2) is 0 Å². The van der Waals surface area contributed by atoms with Crippen molar-refractivity contribution in [3.8, 4) is 5.69 Å². The molecule has 0 aliphatic carbocycles. The second kappa shape index (κ2) is 8.17. The normalized spacial score (nSPS) is 15.5. The third-order valence-corrected chi connectivity index (χ3v) is 6.36. The van der Waals surface area contributed by atoms with Crippen LogP contribution in [0, 0.1) is 13.8 Å². The topological polar surface area (TPSA) is 71.4 Å². The number of nitrogens with zero attached hydrogens (tertiary/aromatic N) is 2. The highest BCUT2D eigenvalue weighted by Gasteiger charge is 2.37. The zero-order valence-electron chi connectivity index (χ0n) is 16.6. The first kappa shape index (κ1) is 21.1. The Kier molecular flexibility index (Phi) is 5.56. The highest BCUT2D eigenvalue weighted by atomic mass is 79.9. The van der Waals surface area contributed by atoms with Gasteiger partial charge in [-0.2, -0.15) is 0 Å². The number of urea groups is 1. The number of hydrogen-bond donors (Lipinski definition) is 1. The number of nitrogens with one attached hydrogen (secondary N) is 1. The number of imide groups is 2. The third-order valence-electron chi connectivity index (χ3n) is 5.10. The molecule has 1 aromatic heterocycles. The Morgan fingerprint density at radius 2 is 1.55 bits per heavy atom. The van der Waals surface area contributed by atoms with E-state index in [1.165, 1.54) is 6.08 Å². The lowest BCUT2D eigenvalue weighted by Gasteiger charge is -2.26. The molecule has 1 saturated heterocycles. The van der Waals surface area contributed by atoms with Gasteiger partial charge in [-0.15, -0.1) is 0 Å². The summed E-state index contributed by atoms with van der Waals surface area (Å²) in [6.07, 6.45) is 1.51.